The maximum atomic E-state index is 13.0. The van der Waals surface area contributed by atoms with Crippen LogP contribution < -0.4 is 14.8 Å². The second-order valence-electron chi connectivity index (χ2n) is 8.33. The molecule has 2 aromatic rings. The molecule has 8 nitrogen and oxygen atoms in total. The third-order valence-electron chi connectivity index (χ3n) is 5.71. The van der Waals surface area contributed by atoms with Crippen LogP contribution in [0.5, 0.6) is 11.5 Å². The van der Waals surface area contributed by atoms with Crippen molar-refractivity contribution in [3.8, 4) is 11.5 Å². The summed E-state index contributed by atoms with van der Waals surface area (Å²) in [5.41, 5.74) is 0.951. The van der Waals surface area contributed by atoms with Gasteiger partial charge >= 0.3 is 6.03 Å². The number of thiophene rings is 1. The normalized spacial score (nSPS) is 17.9. The zero-order valence-electron chi connectivity index (χ0n) is 18.5. The minimum absolute atomic E-state index is 0.158. The lowest BCUT2D eigenvalue weighted by molar-refractivity contribution is 0.165. The lowest BCUT2D eigenvalue weighted by atomic mass is 9.95. The van der Waals surface area contributed by atoms with E-state index in [9.17, 15) is 13.2 Å². The van der Waals surface area contributed by atoms with Gasteiger partial charge in [-0.1, -0.05) is 19.9 Å². The van der Waals surface area contributed by atoms with Gasteiger partial charge in [0, 0.05) is 31.1 Å². The number of nitrogens with one attached hydrogen (secondary N) is 1. The molecule has 1 atom stereocenters. The van der Waals surface area contributed by atoms with Crippen molar-refractivity contribution in [2.45, 2.75) is 31.0 Å². The van der Waals surface area contributed by atoms with Crippen LogP contribution in [0.3, 0.4) is 0 Å². The number of carbonyl (C=O) groups is 1. The number of hydrogen-bond acceptors (Lipinski definition) is 6. The monoisotopic (exact) mass is 479 g/mol. The molecular weight excluding hydrogens is 450 g/mol. The Balaban J connectivity index is 1.40. The van der Waals surface area contributed by atoms with Gasteiger partial charge in [0.1, 0.15) is 17.4 Å². The molecule has 174 valence electrons. The lowest BCUT2D eigenvalue weighted by Crippen LogP contribution is -2.53. The molecule has 1 aromatic heterocycles. The molecule has 1 aromatic carbocycles. The Hall–Kier alpha value is -2.30. The van der Waals surface area contributed by atoms with Crippen molar-refractivity contribution >= 4 is 27.4 Å². The number of amides is 2. The van der Waals surface area contributed by atoms with Gasteiger partial charge in [0.25, 0.3) is 10.0 Å². The van der Waals surface area contributed by atoms with Crippen molar-refractivity contribution < 1.29 is 22.7 Å². The second-order valence-corrected chi connectivity index (χ2v) is 11.8. The van der Waals surface area contributed by atoms with E-state index in [1.165, 1.54) is 15.6 Å². The van der Waals surface area contributed by atoms with Crippen molar-refractivity contribution in [3.63, 3.8) is 0 Å². The van der Waals surface area contributed by atoms with Gasteiger partial charge in [-0.05, 0) is 42.7 Å². The molecule has 4 rings (SSSR count). The summed E-state index contributed by atoms with van der Waals surface area (Å²) in [6.07, 6.45) is 0. The number of aryl methyl sites for hydroxylation is 1. The molecule has 3 heterocycles. The molecule has 0 spiro atoms. The number of carbonyl (C=O) groups excluding carboxylic acids is 1. The van der Waals surface area contributed by atoms with Gasteiger partial charge in [0.05, 0.1) is 6.04 Å². The molecule has 2 amide bonds. The first kappa shape index (κ1) is 22.9. The number of nitrogens with zero attached hydrogens (tertiary/aromatic N) is 2. The van der Waals surface area contributed by atoms with E-state index in [2.05, 4.69) is 19.2 Å². The fourth-order valence-electron chi connectivity index (χ4n) is 3.92. The number of sulfonamides is 1. The number of ether oxygens (including phenoxy) is 2. The van der Waals surface area contributed by atoms with Gasteiger partial charge in [0.15, 0.2) is 11.5 Å². The Labute approximate surface area is 193 Å². The molecule has 0 radical (unpaired) electrons. The van der Waals surface area contributed by atoms with Crippen molar-refractivity contribution in [1.29, 1.82) is 0 Å². The molecule has 32 heavy (non-hydrogen) atoms. The van der Waals surface area contributed by atoms with Gasteiger partial charge < -0.3 is 19.7 Å². The molecule has 1 fully saturated rings. The number of hydrogen-bond donors (Lipinski definition) is 1. The topological polar surface area (TPSA) is 88.2 Å². The minimum atomic E-state index is -3.51. The van der Waals surface area contributed by atoms with Gasteiger partial charge in [0.2, 0.25) is 0 Å². The molecule has 0 bridgehead atoms. The van der Waals surface area contributed by atoms with E-state index in [-0.39, 0.29) is 31.1 Å². The van der Waals surface area contributed by atoms with E-state index in [1.54, 1.807) is 11.0 Å². The Morgan fingerprint density at radius 3 is 2.34 bits per heavy atom. The van der Waals surface area contributed by atoms with Crippen LogP contribution in [0.15, 0.2) is 34.5 Å². The largest absolute Gasteiger partial charge is 0.486 e. The maximum Gasteiger partial charge on any atom is 0.317 e. The average molecular weight is 480 g/mol. The third kappa shape index (κ3) is 4.72. The van der Waals surface area contributed by atoms with Crippen molar-refractivity contribution in [3.05, 3.63) is 40.8 Å². The van der Waals surface area contributed by atoms with Crippen molar-refractivity contribution in [2.75, 3.05) is 39.4 Å². The predicted molar refractivity (Wildman–Crippen MR) is 123 cm³/mol. The summed E-state index contributed by atoms with van der Waals surface area (Å²) in [4.78, 5) is 15.6. The smallest absolute Gasteiger partial charge is 0.317 e. The molecule has 0 aliphatic carbocycles. The first-order chi connectivity index (χ1) is 15.3. The van der Waals surface area contributed by atoms with Crippen LogP contribution in [0.25, 0.3) is 0 Å². The molecule has 2 aliphatic rings. The summed E-state index contributed by atoms with van der Waals surface area (Å²) in [6, 6.07) is 8.82. The number of benzene rings is 1. The lowest BCUT2D eigenvalue weighted by Gasteiger charge is -2.35. The van der Waals surface area contributed by atoms with Crippen LogP contribution in [0.2, 0.25) is 0 Å². The van der Waals surface area contributed by atoms with Crippen LogP contribution >= 0.6 is 11.3 Å². The highest BCUT2D eigenvalue weighted by Gasteiger charge is 2.32. The molecule has 2 aliphatic heterocycles. The van der Waals surface area contributed by atoms with Gasteiger partial charge in [-0.2, -0.15) is 4.31 Å². The zero-order chi connectivity index (χ0) is 22.9. The molecule has 0 unspecified atom stereocenters. The van der Waals surface area contributed by atoms with Crippen LogP contribution in [0.4, 0.5) is 4.79 Å². The van der Waals surface area contributed by atoms with E-state index in [0.717, 1.165) is 10.4 Å². The van der Waals surface area contributed by atoms with E-state index in [1.807, 2.05) is 31.2 Å². The van der Waals surface area contributed by atoms with Gasteiger partial charge in [-0.25, -0.2) is 13.2 Å². The molecule has 1 N–H and O–H groups in total. The van der Waals surface area contributed by atoms with Gasteiger partial charge in [-0.15, -0.1) is 11.3 Å². The van der Waals surface area contributed by atoms with E-state index < -0.39 is 10.0 Å². The van der Waals surface area contributed by atoms with Crippen LogP contribution in [-0.4, -0.2) is 63.0 Å². The van der Waals surface area contributed by atoms with Crippen LogP contribution in [0.1, 0.15) is 30.3 Å². The number of urea groups is 1. The SMILES string of the molecule is Cc1ccc(S(=O)(=O)N2CCN(C(=O)N[C@H](c3ccc4c(c3)OCCO4)C(C)C)CC2)s1. The van der Waals surface area contributed by atoms with Crippen LogP contribution in [0, 0.1) is 12.8 Å². The summed E-state index contributed by atoms with van der Waals surface area (Å²) in [5.74, 6) is 1.56. The van der Waals surface area contributed by atoms with Crippen LogP contribution in [-0.2, 0) is 10.0 Å². The average Bonchev–Trinajstić information content (AvgIpc) is 3.24. The Morgan fingerprint density at radius 2 is 1.72 bits per heavy atom. The Morgan fingerprint density at radius 1 is 1.03 bits per heavy atom. The summed E-state index contributed by atoms with van der Waals surface area (Å²) in [7, 11) is -3.51. The molecule has 10 heteroatoms. The van der Waals surface area contributed by atoms with E-state index in [4.69, 9.17) is 9.47 Å². The molecule has 0 saturated carbocycles. The third-order valence-corrected chi connectivity index (χ3v) is 9.07. The first-order valence-electron chi connectivity index (χ1n) is 10.8. The Kier molecular flexibility index (Phi) is 6.64. The summed E-state index contributed by atoms with van der Waals surface area (Å²) >= 11 is 1.27. The van der Waals surface area contributed by atoms with E-state index >= 15 is 0 Å². The zero-order valence-corrected chi connectivity index (χ0v) is 20.2. The maximum absolute atomic E-state index is 13.0. The van der Waals surface area contributed by atoms with Crippen molar-refractivity contribution in [1.82, 2.24) is 14.5 Å². The number of rotatable bonds is 5. The summed E-state index contributed by atoms with van der Waals surface area (Å²) in [5, 5.41) is 3.12. The Bertz CT molecular complexity index is 1070. The highest BCUT2D eigenvalue weighted by Crippen LogP contribution is 2.34. The summed E-state index contributed by atoms with van der Waals surface area (Å²) < 4.78 is 38.8. The fraction of sp³-hybridized carbons (Fsp3) is 0.500. The second kappa shape index (κ2) is 9.29. The van der Waals surface area contributed by atoms with Crippen molar-refractivity contribution in [2.24, 2.45) is 5.92 Å². The summed E-state index contributed by atoms with van der Waals surface area (Å²) in [6.45, 7) is 8.29. The quantitative estimate of drug-likeness (QED) is 0.711. The number of piperazine rings is 1. The first-order valence-corrected chi connectivity index (χ1v) is 13.0. The number of fused-ring (bicyclic) bond motifs is 1. The highest BCUT2D eigenvalue weighted by atomic mass is 32.2. The minimum Gasteiger partial charge on any atom is -0.486 e. The van der Waals surface area contributed by atoms with E-state index in [0.29, 0.717) is 42.0 Å². The highest BCUT2D eigenvalue weighted by molar-refractivity contribution is 7.91. The molecular formula is C22H29N3O5S2. The fourth-order valence-corrected chi connectivity index (χ4v) is 6.78. The standard InChI is InChI=1S/C22H29N3O5S2/c1-15(2)21(17-5-6-18-19(14-17)30-13-12-29-18)23-22(26)24-8-10-25(11-9-24)32(27,28)20-7-4-16(3)31-20/h4-7,14-15,21H,8-13H2,1-3H3,(H,23,26)/t21-/m0/s1. The predicted octanol–water partition coefficient (Wildman–Crippen LogP) is 3.24. The van der Waals surface area contributed by atoms with Gasteiger partial charge in [-0.3, -0.25) is 0 Å². The molecule has 1 saturated heterocycles.